The molecule has 0 bridgehead atoms. The average Bonchev–Trinajstić information content (AvgIpc) is 2.54. The van der Waals surface area contributed by atoms with Gasteiger partial charge in [0.1, 0.15) is 17.3 Å². The smallest absolute Gasteiger partial charge is 0.241 e. The number of anilines is 1. The van der Waals surface area contributed by atoms with E-state index in [0.29, 0.717) is 17.0 Å². The van der Waals surface area contributed by atoms with Gasteiger partial charge in [0, 0.05) is 12.2 Å². The van der Waals surface area contributed by atoms with Crippen LogP contribution in [0.25, 0.3) is 0 Å². The van der Waals surface area contributed by atoms with Gasteiger partial charge in [0.05, 0.1) is 6.10 Å². The zero-order valence-corrected chi connectivity index (χ0v) is 15.3. The Balaban J connectivity index is 1.88. The van der Waals surface area contributed by atoms with E-state index in [9.17, 15) is 17.6 Å². The maximum atomic E-state index is 13.1. The summed E-state index contributed by atoms with van der Waals surface area (Å²) in [4.78, 5) is 11.8. The second-order valence-electron chi connectivity index (χ2n) is 5.96. The molecule has 2 aromatic carbocycles. The Morgan fingerprint density at radius 3 is 2.46 bits per heavy atom. The summed E-state index contributed by atoms with van der Waals surface area (Å²) in [7, 11) is -3.86. The first-order valence-electron chi connectivity index (χ1n) is 8.02. The summed E-state index contributed by atoms with van der Waals surface area (Å²) in [6, 6.07) is 12.1. The van der Waals surface area contributed by atoms with Crippen LogP contribution in [-0.2, 0) is 21.4 Å². The van der Waals surface area contributed by atoms with Crippen molar-refractivity contribution in [2.45, 2.75) is 26.5 Å². The van der Waals surface area contributed by atoms with Gasteiger partial charge >= 0.3 is 0 Å². The number of nitrogens with one attached hydrogen (secondary N) is 2. The van der Waals surface area contributed by atoms with Crippen molar-refractivity contribution in [1.82, 2.24) is 5.32 Å². The minimum atomic E-state index is -3.86. The second-order valence-corrected chi connectivity index (χ2v) is 7.68. The fourth-order valence-electron chi connectivity index (χ4n) is 2.16. The van der Waals surface area contributed by atoms with Crippen LogP contribution in [0, 0.1) is 5.82 Å². The summed E-state index contributed by atoms with van der Waals surface area (Å²) in [5.41, 5.74) is 0.878. The Hall–Kier alpha value is -2.61. The molecule has 1 amide bonds. The minimum Gasteiger partial charge on any atom is -0.491 e. The number of hydrogen-bond donors (Lipinski definition) is 2. The number of carbonyl (C=O) groups excluding carboxylic acids is 1. The van der Waals surface area contributed by atoms with Crippen LogP contribution in [0.5, 0.6) is 5.75 Å². The van der Waals surface area contributed by atoms with E-state index in [2.05, 4.69) is 10.0 Å². The highest BCUT2D eigenvalue weighted by atomic mass is 32.2. The van der Waals surface area contributed by atoms with Crippen molar-refractivity contribution in [3.05, 3.63) is 59.9 Å². The Bertz CT molecular complexity index is 852. The van der Waals surface area contributed by atoms with E-state index in [1.807, 2.05) is 13.8 Å². The Morgan fingerprint density at radius 2 is 1.85 bits per heavy atom. The molecule has 0 aliphatic heterocycles. The quantitative estimate of drug-likeness (QED) is 0.737. The van der Waals surface area contributed by atoms with Crippen molar-refractivity contribution in [3.8, 4) is 5.75 Å². The minimum absolute atomic E-state index is 0.0133. The van der Waals surface area contributed by atoms with Gasteiger partial charge in [0.25, 0.3) is 0 Å². The van der Waals surface area contributed by atoms with Crippen molar-refractivity contribution in [3.63, 3.8) is 0 Å². The van der Waals surface area contributed by atoms with Crippen molar-refractivity contribution in [1.29, 1.82) is 0 Å². The number of halogens is 1. The highest BCUT2D eigenvalue weighted by molar-refractivity contribution is 7.93. The molecule has 0 aromatic heterocycles. The van der Waals surface area contributed by atoms with Crippen LogP contribution in [0.15, 0.2) is 48.5 Å². The molecule has 26 heavy (non-hydrogen) atoms. The first-order valence-corrected chi connectivity index (χ1v) is 9.67. The van der Waals surface area contributed by atoms with Gasteiger partial charge in [-0.2, -0.15) is 0 Å². The lowest BCUT2D eigenvalue weighted by atomic mass is 10.2. The standard InChI is InChI=1S/C18H21FN2O4S/c1-13(2)25-17-8-6-16(7-9-17)21-26(23,24)12-18(22)20-11-14-4-3-5-15(19)10-14/h3-10,13,21H,11-12H2,1-2H3,(H,20,22). The maximum absolute atomic E-state index is 13.1. The predicted molar refractivity (Wildman–Crippen MR) is 97.9 cm³/mol. The van der Waals surface area contributed by atoms with E-state index in [1.54, 1.807) is 30.3 Å². The third-order valence-corrected chi connectivity index (χ3v) is 4.39. The van der Waals surface area contributed by atoms with Gasteiger partial charge < -0.3 is 10.1 Å². The lowest BCUT2D eigenvalue weighted by molar-refractivity contribution is -0.118. The van der Waals surface area contributed by atoms with Crippen LogP contribution in [0.4, 0.5) is 10.1 Å². The molecule has 140 valence electrons. The van der Waals surface area contributed by atoms with Crippen LogP contribution in [0.1, 0.15) is 19.4 Å². The molecule has 0 heterocycles. The summed E-state index contributed by atoms with van der Waals surface area (Å²) < 4.78 is 45.0. The zero-order chi connectivity index (χ0) is 19.2. The molecular weight excluding hydrogens is 359 g/mol. The third-order valence-electron chi connectivity index (χ3n) is 3.20. The van der Waals surface area contributed by atoms with E-state index in [-0.39, 0.29) is 12.6 Å². The first-order chi connectivity index (χ1) is 12.2. The number of carbonyl (C=O) groups is 1. The fraction of sp³-hybridized carbons (Fsp3) is 0.278. The zero-order valence-electron chi connectivity index (χ0n) is 14.5. The molecule has 0 atom stereocenters. The molecule has 2 N–H and O–H groups in total. The van der Waals surface area contributed by atoms with Crippen molar-refractivity contribution < 1.29 is 22.3 Å². The summed E-state index contributed by atoms with van der Waals surface area (Å²) in [5.74, 6) is -1.21. The Labute approximate surface area is 152 Å². The molecule has 6 nitrogen and oxygen atoms in total. The summed E-state index contributed by atoms with van der Waals surface area (Å²) in [6.07, 6.45) is 0.0133. The molecule has 2 rings (SSSR count). The van der Waals surface area contributed by atoms with E-state index < -0.39 is 27.5 Å². The second kappa shape index (κ2) is 8.66. The lowest BCUT2D eigenvalue weighted by Crippen LogP contribution is -2.32. The fourth-order valence-corrected chi connectivity index (χ4v) is 3.18. The van der Waals surface area contributed by atoms with Crippen molar-refractivity contribution >= 4 is 21.6 Å². The van der Waals surface area contributed by atoms with E-state index in [0.717, 1.165) is 0 Å². The number of benzene rings is 2. The normalized spacial score (nSPS) is 11.2. The molecule has 0 unspecified atom stereocenters. The molecule has 0 radical (unpaired) electrons. The van der Waals surface area contributed by atoms with Gasteiger partial charge in [-0.3, -0.25) is 9.52 Å². The van der Waals surface area contributed by atoms with Crippen LogP contribution >= 0.6 is 0 Å². The molecule has 8 heteroatoms. The molecule has 0 aliphatic carbocycles. The van der Waals surface area contributed by atoms with Gasteiger partial charge in [-0.1, -0.05) is 12.1 Å². The summed E-state index contributed by atoms with van der Waals surface area (Å²) >= 11 is 0. The largest absolute Gasteiger partial charge is 0.491 e. The Morgan fingerprint density at radius 1 is 1.15 bits per heavy atom. The van der Waals surface area contributed by atoms with Crippen molar-refractivity contribution in [2.75, 3.05) is 10.5 Å². The van der Waals surface area contributed by atoms with E-state index in [4.69, 9.17) is 4.74 Å². The summed E-state index contributed by atoms with van der Waals surface area (Å²) in [5, 5.41) is 2.45. The van der Waals surface area contributed by atoms with Crippen LogP contribution in [0.2, 0.25) is 0 Å². The molecular formula is C18H21FN2O4S. The molecule has 0 saturated heterocycles. The molecule has 0 saturated carbocycles. The SMILES string of the molecule is CC(C)Oc1ccc(NS(=O)(=O)CC(=O)NCc2cccc(F)c2)cc1. The lowest BCUT2D eigenvalue weighted by Gasteiger charge is -2.11. The first kappa shape index (κ1) is 19.7. The van der Waals surface area contributed by atoms with E-state index in [1.165, 1.54) is 18.2 Å². The highest BCUT2D eigenvalue weighted by Crippen LogP contribution is 2.17. The maximum Gasteiger partial charge on any atom is 0.241 e. The van der Waals surface area contributed by atoms with Gasteiger partial charge in [-0.05, 0) is 55.8 Å². The third kappa shape index (κ3) is 6.72. The van der Waals surface area contributed by atoms with Crippen LogP contribution in [0.3, 0.4) is 0 Å². The molecule has 2 aromatic rings. The van der Waals surface area contributed by atoms with Gasteiger partial charge in [-0.25, -0.2) is 12.8 Å². The highest BCUT2D eigenvalue weighted by Gasteiger charge is 2.16. The van der Waals surface area contributed by atoms with Gasteiger partial charge in [0.2, 0.25) is 15.9 Å². The topological polar surface area (TPSA) is 84.5 Å². The van der Waals surface area contributed by atoms with E-state index >= 15 is 0 Å². The molecule has 0 fully saturated rings. The molecule has 0 spiro atoms. The predicted octanol–water partition coefficient (Wildman–Crippen LogP) is 2.67. The number of amides is 1. The van der Waals surface area contributed by atoms with Crippen molar-refractivity contribution in [2.24, 2.45) is 0 Å². The number of ether oxygens (including phenoxy) is 1. The van der Waals surface area contributed by atoms with Gasteiger partial charge in [0.15, 0.2) is 0 Å². The van der Waals surface area contributed by atoms with Crippen LogP contribution < -0.4 is 14.8 Å². The Kier molecular flexibility index (Phi) is 6.57. The average molecular weight is 380 g/mol. The number of hydrogen-bond acceptors (Lipinski definition) is 4. The van der Waals surface area contributed by atoms with Crippen LogP contribution in [-0.4, -0.2) is 26.2 Å². The molecule has 0 aliphatic rings. The van der Waals surface area contributed by atoms with Gasteiger partial charge in [-0.15, -0.1) is 0 Å². The summed E-state index contributed by atoms with van der Waals surface area (Å²) in [6.45, 7) is 3.82. The number of sulfonamides is 1. The monoisotopic (exact) mass is 380 g/mol. The number of rotatable bonds is 8.